The summed E-state index contributed by atoms with van der Waals surface area (Å²) in [5, 5.41) is 4.30. The summed E-state index contributed by atoms with van der Waals surface area (Å²) in [6.07, 6.45) is 6.53. The Bertz CT molecular complexity index is 605. The van der Waals surface area contributed by atoms with Crippen molar-refractivity contribution in [3.63, 3.8) is 0 Å². The van der Waals surface area contributed by atoms with Crippen LogP contribution in [0.4, 0.5) is 0 Å². The zero-order valence-corrected chi connectivity index (χ0v) is 12.9. The van der Waals surface area contributed by atoms with Crippen LogP contribution < -0.4 is 5.43 Å². The van der Waals surface area contributed by atoms with Gasteiger partial charge in [-0.15, -0.1) is 0 Å². The average molecular weight is 282 g/mol. The maximum absolute atomic E-state index is 12.1. The first-order valence-corrected chi connectivity index (χ1v) is 7.59. The zero-order valence-electron chi connectivity index (χ0n) is 12.9. The Balaban J connectivity index is 1.62. The van der Waals surface area contributed by atoms with Crippen molar-refractivity contribution in [2.75, 3.05) is 0 Å². The highest BCUT2D eigenvalue weighted by Gasteiger charge is 2.38. The van der Waals surface area contributed by atoms with E-state index in [2.05, 4.69) is 43.5 Å². The lowest BCUT2D eigenvalue weighted by Crippen LogP contribution is -2.35. The molecule has 1 fully saturated rings. The van der Waals surface area contributed by atoms with E-state index < -0.39 is 0 Å². The van der Waals surface area contributed by atoms with E-state index in [9.17, 15) is 4.79 Å². The predicted octanol–water partition coefficient (Wildman–Crippen LogP) is 3.67. The summed E-state index contributed by atoms with van der Waals surface area (Å²) in [5.74, 6) is 1.07. The van der Waals surface area contributed by atoms with E-state index in [4.69, 9.17) is 0 Å². The molecule has 0 saturated heterocycles. The monoisotopic (exact) mass is 282 g/mol. The highest BCUT2D eigenvalue weighted by atomic mass is 16.2. The number of benzene rings is 1. The number of nitrogens with zero attached hydrogens (tertiary/aromatic N) is 1. The van der Waals surface area contributed by atoms with Crippen LogP contribution in [-0.4, -0.2) is 11.6 Å². The molecule has 2 aliphatic carbocycles. The van der Waals surface area contributed by atoms with E-state index in [1.54, 1.807) is 0 Å². The van der Waals surface area contributed by atoms with Crippen molar-refractivity contribution in [2.24, 2.45) is 16.9 Å². The average Bonchev–Trinajstić information content (AvgIpc) is 2.79. The molecule has 0 radical (unpaired) electrons. The van der Waals surface area contributed by atoms with Gasteiger partial charge in [-0.05, 0) is 41.9 Å². The van der Waals surface area contributed by atoms with Gasteiger partial charge in [0.1, 0.15) is 0 Å². The summed E-state index contributed by atoms with van der Waals surface area (Å²) in [4.78, 5) is 12.1. The Morgan fingerprint density at radius 1 is 1.24 bits per heavy atom. The lowest BCUT2D eigenvalue weighted by molar-refractivity contribution is 0.0954. The molecule has 21 heavy (non-hydrogen) atoms. The molecule has 110 valence electrons. The topological polar surface area (TPSA) is 41.5 Å². The van der Waals surface area contributed by atoms with E-state index in [-0.39, 0.29) is 11.3 Å². The number of amides is 1. The maximum Gasteiger partial charge on any atom is 0.271 e. The molecular weight excluding hydrogens is 260 g/mol. The third kappa shape index (κ3) is 2.78. The van der Waals surface area contributed by atoms with E-state index in [0.29, 0.717) is 17.4 Å². The SMILES string of the molecule is CC(C)(C)c1ccc(C(=O)N/N=C2\C[C@@H]3C=CC[C@@H]23)cc1. The molecule has 1 amide bonds. The van der Waals surface area contributed by atoms with Crippen LogP contribution in [0.15, 0.2) is 41.5 Å². The Labute approximate surface area is 126 Å². The smallest absolute Gasteiger partial charge is 0.267 e. The van der Waals surface area contributed by atoms with E-state index in [1.807, 2.05) is 24.3 Å². The van der Waals surface area contributed by atoms with Crippen molar-refractivity contribution in [3.05, 3.63) is 47.5 Å². The molecule has 0 unspecified atom stereocenters. The van der Waals surface area contributed by atoms with Crippen LogP contribution in [0, 0.1) is 11.8 Å². The summed E-state index contributed by atoms with van der Waals surface area (Å²) < 4.78 is 0. The summed E-state index contributed by atoms with van der Waals surface area (Å²) >= 11 is 0. The summed E-state index contributed by atoms with van der Waals surface area (Å²) in [5.41, 5.74) is 5.81. The van der Waals surface area contributed by atoms with Crippen molar-refractivity contribution in [2.45, 2.75) is 39.0 Å². The van der Waals surface area contributed by atoms with Gasteiger partial charge in [0.05, 0.1) is 0 Å². The fraction of sp³-hybridized carbons (Fsp3) is 0.444. The second-order valence-electron chi connectivity index (χ2n) is 7.01. The van der Waals surface area contributed by atoms with Gasteiger partial charge in [-0.25, -0.2) is 5.43 Å². The number of fused-ring (bicyclic) bond motifs is 1. The fourth-order valence-corrected chi connectivity index (χ4v) is 2.97. The van der Waals surface area contributed by atoms with Crippen molar-refractivity contribution in [1.82, 2.24) is 5.43 Å². The van der Waals surface area contributed by atoms with Gasteiger partial charge in [0.15, 0.2) is 0 Å². The van der Waals surface area contributed by atoms with Crippen LogP contribution in [0.25, 0.3) is 0 Å². The predicted molar refractivity (Wildman–Crippen MR) is 85.4 cm³/mol. The fourth-order valence-electron chi connectivity index (χ4n) is 2.97. The van der Waals surface area contributed by atoms with Gasteiger partial charge in [0.2, 0.25) is 0 Å². The quantitative estimate of drug-likeness (QED) is 0.652. The third-order valence-corrected chi connectivity index (χ3v) is 4.48. The van der Waals surface area contributed by atoms with Gasteiger partial charge >= 0.3 is 0 Å². The first kappa shape index (κ1) is 14.1. The number of hydrogen-bond acceptors (Lipinski definition) is 2. The van der Waals surface area contributed by atoms with Crippen molar-refractivity contribution in [3.8, 4) is 0 Å². The van der Waals surface area contributed by atoms with Gasteiger partial charge in [-0.3, -0.25) is 4.79 Å². The van der Waals surface area contributed by atoms with Crippen LogP contribution in [0.5, 0.6) is 0 Å². The summed E-state index contributed by atoms with van der Waals surface area (Å²) in [7, 11) is 0. The number of hydrazone groups is 1. The first-order valence-electron chi connectivity index (χ1n) is 7.59. The molecule has 0 aromatic heterocycles. The Kier molecular flexibility index (Phi) is 3.44. The van der Waals surface area contributed by atoms with E-state index in [1.165, 1.54) is 5.56 Å². The number of carbonyl (C=O) groups is 1. The van der Waals surface area contributed by atoms with Crippen LogP contribution >= 0.6 is 0 Å². The zero-order chi connectivity index (χ0) is 15.0. The molecule has 3 nitrogen and oxygen atoms in total. The molecule has 0 aliphatic heterocycles. The highest BCUT2D eigenvalue weighted by molar-refractivity contribution is 5.98. The number of rotatable bonds is 2. The molecule has 1 aromatic carbocycles. The van der Waals surface area contributed by atoms with Gasteiger partial charge in [-0.2, -0.15) is 5.10 Å². The summed E-state index contributed by atoms with van der Waals surface area (Å²) in [6.45, 7) is 6.49. The second-order valence-corrected chi connectivity index (χ2v) is 7.01. The maximum atomic E-state index is 12.1. The number of carbonyl (C=O) groups excluding carboxylic acids is 1. The molecule has 2 atom stereocenters. The van der Waals surface area contributed by atoms with Crippen molar-refractivity contribution < 1.29 is 4.79 Å². The molecule has 0 spiro atoms. The van der Waals surface area contributed by atoms with Crippen molar-refractivity contribution >= 4 is 11.6 Å². The van der Waals surface area contributed by atoms with Crippen LogP contribution in [0.1, 0.15) is 49.5 Å². The van der Waals surface area contributed by atoms with Crippen LogP contribution in [0.3, 0.4) is 0 Å². The van der Waals surface area contributed by atoms with Crippen molar-refractivity contribution in [1.29, 1.82) is 0 Å². The second kappa shape index (κ2) is 5.14. The Morgan fingerprint density at radius 2 is 1.95 bits per heavy atom. The molecule has 0 heterocycles. The van der Waals surface area contributed by atoms with Gasteiger partial charge < -0.3 is 0 Å². The van der Waals surface area contributed by atoms with E-state index in [0.717, 1.165) is 18.6 Å². The number of hydrogen-bond donors (Lipinski definition) is 1. The number of allylic oxidation sites excluding steroid dienone is 2. The summed E-state index contributed by atoms with van der Waals surface area (Å²) in [6, 6.07) is 7.78. The first-order chi connectivity index (χ1) is 9.95. The lowest BCUT2D eigenvalue weighted by Gasteiger charge is -2.31. The lowest BCUT2D eigenvalue weighted by atomic mass is 9.74. The number of nitrogens with one attached hydrogen (secondary N) is 1. The molecule has 3 heteroatoms. The third-order valence-electron chi connectivity index (χ3n) is 4.48. The molecule has 0 bridgehead atoms. The minimum Gasteiger partial charge on any atom is -0.267 e. The van der Waals surface area contributed by atoms with Gasteiger partial charge in [0, 0.05) is 17.2 Å². The van der Waals surface area contributed by atoms with Crippen LogP contribution in [-0.2, 0) is 5.41 Å². The molecule has 1 saturated carbocycles. The van der Waals surface area contributed by atoms with E-state index >= 15 is 0 Å². The largest absolute Gasteiger partial charge is 0.271 e. The molecule has 2 aliphatic rings. The minimum absolute atomic E-state index is 0.103. The Hall–Kier alpha value is -1.90. The van der Waals surface area contributed by atoms with Gasteiger partial charge in [-0.1, -0.05) is 45.1 Å². The van der Waals surface area contributed by atoms with Gasteiger partial charge in [0.25, 0.3) is 5.91 Å². The highest BCUT2D eigenvalue weighted by Crippen LogP contribution is 2.40. The molecule has 3 rings (SSSR count). The normalized spacial score (nSPS) is 25.6. The van der Waals surface area contributed by atoms with Crippen LogP contribution in [0.2, 0.25) is 0 Å². The minimum atomic E-state index is -0.127. The molecule has 1 N–H and O–H groups in total. The molecule has 1 aromatic rings. The Morgan fingerprint density at radius 3 is 2.57 bits per heavy atom. The standard InChI is InChI=1S/C18H22N2O/c1-18(2,3)14-9-7-12(8-10-14)17(21)20-19-16-11-13-5-4-6-15(13)16/h4-5,7-10,13,15H,6,11H2,1-3H3,(H,20,21)/b19-16+/t13-,15+/m0/s1. The molecular formula is C18H22N2O.